The Morgan fingerprint density at radius 1 is 0.952 bits per heavy atom. The van der Waals surface area contributed by atoms with Crippen molar-refractivity contribution in [2.24, 2.45) is 5.10 Å². The summed E-state index contributed by atoms with van der Waals surface area (Å²) >= 11 is 6.38. The average molecular weight is 584 g/mol. The van der Waals surface area contributed by atoms with E-state index in [1.807, 2.05) is 12.1 Å². The second-order valence-electron chi connectivity index (χ2n) is 9.24. The van der Waals surface area contributed by atoms with Crippen molar-refractivity contribution in [1.29, 1.82) is 0 Å². The molecule has 10 heteroatoms. The predicted molar refractivity (Wildman–Crippen MR) is 159 cm³/mol. The van der Waals surface area contributed by atoms with E-state index in [0.29, 0.717) is 50.1 Å². The van der Waals surface area contributed by atoms with Gasteiger partial charge in [0.15, 0.2) is 17.3 Å². The fourth-order valence-corrected chi connectivity index (χ4v) is 4.78. The number of nitrogens with zero attached hydrogens (tertiary/aromatic N) is 3. The van der Waals surface area contributed by atoms with Crippen LogP contribution in [0.3, 0.4) is 0 Å². The molecular weight excluding hydrogens is 561 g/mol. The van der Waals surface area contributed by atoms with E-state index in [9.17, 15) is 9.18 Å². The first-order chi connectivity index (χ1) is 20.4. The summed E-state index contributed by atoms with van der Waals surface area (Å²) in [5.41, 5.74) is 1.84. The van der Waals surface area contributed by atoms with Crippen LogP contribution in [0.2, 0.25) is 5.02 Å². The highest BCUT2D eigenvalue weighted by atomic mass is 35.5. The van der Waals surface area contributed by atoms with Gasteiger partial charge in [-0.3, -0.25) is 4.79 Å². The van der Waals surface area contributed by atoms with Gasteiger partial charge in [0.05, 0.1) is 36.7 Å². The lowest BCUT2D eigenvalue weighted by Crippen LogP contribution is -2.20. The lowest BCUT2D eigenvalue weighted by atomic mass is 10.2. The molecule has 6 rings (SSSR count). The van der Waals surface area contributed by atoms with E-state index >= 15 is 0 Å². The standard InChI is InChI=1S/C32H23ClFN3O5/c1-39-26-8-5-9-27-24(26)16-29(42-27)31-36-25-7-4-3-6-23(25)32(38)37(31)35-17-20-14-21(33)15-28(40-2)30(20)41-18-19-10-12-22(34)13-11-19/h3-17H,18H2,1-2H3. The number of rotatable bonds is 8. The molecule has 0 fully saturated rings. The number of halogens is 2. The summed E-state index contributed by atoms with van der Waals surface area (Å²) in [6.45, 7) is 0.128. The normalized spacial score (nSPS) is 11.4. The van der Waals surface area contributed by atoms with E-state index in [1.54, 1.807) is 67.8 Å². The van der Waals surface area contributed by atoms with Crippen LogP contribution in [0.5, 0.6) is 17.2 Å². The van der Waals surface area contributed by atoms with Gasteiger partial charge in [0.2, 0.25) is 5.82 Å². The van der Waals surface area contributed by atoms with E-state index in [-0.39, 0.29) is 18.2 Å². The van der Waals surface area contributed by atoms with Gasteiger partial charge in [-0.15, -0.1) is 0 Å². The Hall–Kier alpha value is -5.15. The van der Waals surface area contributed by atoms with Crippen LogP contribution >= 0.6 is 11.6 Å². The van der Waals surface area contributed by atoms with Crippen molar-refractivity contribution < 1.29 is 23.0 Å². The Bertz CT molecular complexity index is 2020. The van der Waals surface area contributed by atoms with Crippen molar-refractivity contribution in [2.75, 3.05) is 14.2 Å². The van der Waals surface area contributed by atoms with E-state index in [1.165, 1.54) is 30.1 Å². The van der Waals surface area contributed by atoms with Crippen LogP contribution in [0, 0.1) is 5.82 Å². The molecule has 8 nitrogen and oxygen atoms in total. The zero-order valence-corrected chi connectivity index (χ0v) is 23.3. The highest BCUT2D eigenvalue weighted by Gasteiger charge is 2.19. The third-order valence-corrected chi connectivity index (χ3v) is 6.81. The number of methoxy groups -OCH3 is 2. The van der Waals surface area contributed by atoms with Crippen molar-refractivity contribution in [3.8, 4) is 28.8 Å². The van der Waals surface area contributed by atoms with Gasteiger partial charge >= 0.3 is 0 Å². The molecule has 0 aliphatic heterocycles. The molecule has 0 radical (unpaired) electrons. The van der Waals surface area contributed by atoms with Crippen molar-refractivity contribution in [3.05, 3.63) is 117 Å². The highest BCUT2D eigenvalue weighted by Crippen LogP contribution is 2.35. The molecule has 0 aliphatic rings. The zero-order chi connectivity index (χ0) is 29.2. The third-order valence-electron chi connectivity index (χ3n) is 6.59. The van der Waals surface area contributed by atoms with Gasteiger partial charge in [0.1, 0.15) is 23.8 Å². The molecule has 4 aromatic carbocycles. The van der Waals surface area contributed by atoms with Crippen LogP contribution in [0.1, 0.15) is 11.1 Å². The lowest BCUT2D eigenvalue weighted by molar-refractivity contribution is 0.284. The summed E-state index contributed by atoms with van der Waals surface area (Å²) < 4.78 is 37.7. The van der Waals surface area contributed by atoms with Gasteiger partial charge in [-0.05, 0) is 54.1 Å². The Balaban J connectivity index is 1.48. The van der Waals surface area contributed by atoms with Crippen LogP contribution < -0.4 is 19.8 Å². The number of furan rings is 1. The maximum absolute atomic E-state index is 13.7. The highest BCUT2D eigenvalue weighted by molar-refractivity contribution is 6.31. The average Bonchev–Trinajstić information content (AvgIpc) is 3.45. The molecule has 0 amide bonds. The number of benzene rings is 4. The number of ether oxygens (including phenoxy) is 3. The molecule has 0 aliphatic carbocycles. The van der Waals surface area contributed by atoms with Gasteiger partial charge in [-0.2, -0.15) is 9.78 Å². The van der Waals surface area contributed by atoms with E-state index < -0.39 is 5.56 Å². The molecule has 2 aromatic heterocycles. The molecule has 6 aromatic rings. The van der Waals surface area contributed by atoms with E-state index in [4.69, 9.17) is 35.2 Å². The molecule has 0 atom stereocenters. The molecule has 0 spiro atoms. The zero-order valence-electron chi connectivity index (χ0n) is 22.5. The summed E-state index contributed by atoms with van der Waals surface area (Å²) in [4.78, 5) is 18.5. The third kappa shape index (κ3) is 5.17. The topological polar surface area (TPSA) is 88.1 Å². The second kappa shape index (κ2) is 11.4. The van der Waals surface area contributed by atoms with Gasteiger partial charge in [-0.1, -0.05) is 41.9 Å². The summed E-state index contributed by atoms with van der Waals surface area (Å²) in [6, 6.07) is 23.4. The first-order valence-electron chi connectivity index (χ1n) is 12.8. The number of para-hydroxylation sites is 1. The van der Waals surface area contributed by atoms with Crippen molar-refractivity contribution in [3.63, 3.8) is 0 Å². The Morgan fingerprint density at radius 3 is 2.52 bits per heavy atom. The van der Waals surface area contributed by atoms with Gasteiger partial charge in [-0.25, -0.2) is 9.37 Å². The fourth-order valence-electron chi connectivity index (χ4n) is 4.56. The molecule has 0 bridgehead atoms. The SMILES string of the molecule is COc1cc(Cl)cc(C=Nn2c(-c3cc4c(OC)cccc4o3)nc3ccccc3c2=O)c1OCc1ccc(F)cc1. The maximum atomic E-state index is 13.7. The number of fused-ring (bicyclic) bond motifs is 2. The van der Waals surface area contributed by atoms with Crippen LogP contribution in [0.15, 0.2) is 99.2 Å². The van der Waals surface area contributed by atoms with Crippen molar-refractivity contribution in [2.45, 2.75) is 6.61 Å². The number of hydrogen-bond donors (Lipinski definition) is 0. The van der Waals surface area contributed by atoms with Crippen LogP contribution in [0.4, 0.5) is 4.39 Å². The van der Waals surface area contributed by atoms with Crippen molar-refractivity contribution >= 4 is 39.7 Å². The van der Waals surface area contributed by atoms with Gasteiger partial charge in [0.25, 0.3) is 5.56 Å². The fraction of sp³-hybridized carbons (Fsp3) is 0.0938. The minimum atomic E-state index is -0.401. The maximum Gasteiger partial charge on any atom is 0.282 e. The molecule has 0 saturated heterocycles. The van der Waals surface area contributed by atoms with Gasteiger partial charge < -0.3 is 18.6 Å². The predicted octanol–water partition coefficient (Wildman–Crippen LogP) is 7.08. The monoisotopic (exact) mass is 583 g/mol. The summed E-state index contributed by atoms with van der Waals surface area (Å²) in [5.74, 6) is 1.49. The van der Waals surface area contributed by atoms with E-state index in [0.717, 1.165) is 10.9 Å². The second-order valence-corrected chi connectivity index (χ2v) is 9.67. The molecule has 0 saturated carbocycles. The molecule has 2 heterocycles. The molecular formula is C32H23ClFN3O5. The van der Waals surface area contributed by atoms with Crippen LogP contribution in [-0.4, -0.2) is 30.1 Å². The quantitative estimate of drug-likeness (QED) is 0.178. The lowest BCUT2D eigenvalue weighted by Gasteiger charge is -2.14. The molecule has 0 unspecified atom stereocenters. The minimum Gasteiger partial charge on any atom is -0.496 e. The Labute approximate surface area is 244 Å². The number of aromatic nitrogens is 2. The minimum absolute atomic E-state index is 0.128. The first-order valence-corrected chi connectivity index (χ1v) is 13.2. The Kier molecular flexibility index (Phi) is 7.33. The first kappa shape index (κ1) is 27.0. The molecule has 42 heavy (non-hydrogen) atoms. The summed E-state index contributed by atoms with van der Waals surface area (Å²) in [7, 11) is 3.06. The van der Waals surface area contributed by atoms with E-state index in [2.05, 4.69) is 5.10 Å². The Morgan fingerprint density at radius 2 is 1.74 bits per heavy atom. The smallest absolute Gasteiger partial charge is 0.282 e. The summed E-state index contributed by atoms with van der Waals surface area (Å²) in [6.07, 6.45) is 1.44. The van der Waals surface area contributed by atoms with Gasteiger partial charge in [0, 0.05) is 16.7 Å². The molecule has 0 N–H and O–H groups in total. The number of hydrogen-bond acceptors (Lipinski definition) is 7. The largest absolute Gasteiger partial charge is 0.496 e. The van der Waals surface area contributed by atoms with Crippen molar-refractivity contribution in [1.82, 2.24) is 9.66 Å². The molecule has 210 valence electrons. The summed E-state index contributed by atoms with van der Waals surface area (Å²) in [5, 5.41) is 6.02. The van der Waals surface area contributed by atoms with Crippen LogP contribution in [0.25, 0.3) is 33.5 Å². The van der Waals surface area contributed by atoms with Crippen LogP contribution in [-0.2, 0) is 6.61 Å².